The number of aromatic amines is 1. The summed E-state index contributed by atoms with van der Waals surface area (Å²) < 4.78 is 15.9. The first-order chi connectivity index (χ1) is 16.5. The van der Waals surface area contributed by atoms with Gasteiger partial charge in [0.15, 0.2) is 0 Å². The monoisotopic (exact) mass is 486 g/mol. The van der Waals surface area contributed by atoms with Crippen molar-refractivity contribution in [1.82, 2.24) is 9.97 Å². The van der Waals surface area contributed by atoms with Crippen molar-refractivity contribution in [2.24, 2.45) is 0 Å². The molecular weight excluding hydrogens is 460 g/mol. The highest BCUT2D eigenvalue weighted by Crippen LogP contribution is 2.36. The molecule has 1 saturated heterocycles. The van der Waals surface area contributed by atoms with E-state index < -0.39 is 5.97 Å². The maximum Gasteiger partial charge on any atom is 0.341 e. The average molecular weight is 487 g/mol. The molecule has 3 aromatic rings. The molecule has 1 aliphatic rings. The highest BCUT2D eigenvalue weighted by atomic mass is 32.1. The van der Waals surface area contributed by atoms with E-state index in [9.17, 15) is 14.4 Å². The molecule has 0 saturated carbocycles. The summed E-state index contributed by atoms with van der Waals surface area (Å²) in [6.07, 6.45) is 1.78. The molecule has 4 rings (SSSR count). The lowest BCUT2D eigenvalue weighted by molar-refractivity contribution is -0.116. The Hall–Kier alpha value is -3.44. The largest absolute Gasteiger partial charge is 0.464 e. The van der Waals surface area contributed by atoms with Crippen LogP contribution in [0.1, 0.15) is 35.0 Å². The van der Waals surface area contributed by atoms with E-state index in [1.165, 1.54) is 17.6 Å². The molecule has 0 aliphatic carbocycles. The van der Waals surface area contributed by atoms with E-state index in [1.54, 1.807) is 31.4 Å². The zero-order valence-corrected chi connectivity index (χ0v) is 19.8. The summed E-state index contributed by atoms with van der Waals surface area (Å²) in [6, 6.07) is 3.46. The van der Waals surface area contributed by atoms with Gasteiger partial charge in [0.2, 0.25) is 11.9 Å². The Morgan fingerprint density at radius 1 is 1.32 bits per heavy atom. The minimum Gasteiger partial charge on any atom is -0.464 e. The van der Waals surface area contributed by atoms with E-state index in [4.69, 9.17) is 13.9 Å². The number of ether oxygens (including phenoxy) is 2. The number of amides is 1. The van der Waals surface area contributed by atoms with Crippen LogP contribution in [0, 0.1) is 6.92 Å². The Balaban J connectivity index is 1.46. The molecular formula is C23H26N4O6S. The van der Waals surface area contributed by atoms with Crippen molar-refractivity contribution in [3.8, 4) is 11.3 Å². The molecule has 0 atom stereocenters. The normalized spacial score (nSPS) is 13.6. The quantitative estimate of drug-likeness (QED) is 0.465. The maximum atomic E-state index is 12.7. The second-order valence-electron chi connectivity index (χ2n) is 7.65. The van der Waals surface area contributed by atoms with Crippen LogP contribution in [-0.2, 0) is 20.7 Å². The number of H-pyrrole nitrogens is 1. The molecule has 3 aromatic heterocycles. The van der Waals surface area contributed by atoms with Crippen LogP contribution in [0.2, 0.25) is 0 Å². The number of aryl methyl sites for hydroxylation is 1. The number of carbonyl (C=O) groups excluding carboxylic acids is 2. The summed E-state index contributed by atoms with van der Waals surface area (Å²) in [5.41, 5.74) is 1.59. The number of aromatic nitrogens is 2. The predicted molar refractivity (Wildman–Crippen MR) is 128 cm³/mol. The van der Waals surface area contributed by atoms with Gasteiger partial charge < -0.3 is 24.1 Å². The predicted octanol–water partition coefficient (Wildman–Crippen LogP) is 2.98. The van der Waals surface area contributed by atoms with Crippen LogP contribution in [0.3, 0.4) is 0 Å². The number of rotatable bonds is 8. The molecule has 1 amide bonds. The third-order valence-corrected chi connectivity index (χ3v) is 6.33. The Morgan fingerprint density at radius 2 is 2.12 bits per heavy atom. The molecule has 0 bridgehead atoms. The lowest BCUT2D eigenvalue weighted by Crippen LogP contribution is -2.38. The fourth-order valence-corrected chi connectivity index (χ4v) is 4.67. The van der Waals surface area contributed by atoms with Crippen LogP contribution in [-0.4, -0.2) is 54.8 Å². The smallest absolute Gasteiger partial charge is 0.341 e. The summed E-state index contributed by atoms with van der Waals surface area (Å²) >= 11 is 1.21. The summed E-state index contributed by atoms with van der Waals surface area (Å²) in [5.74, 6) is 0.158. The van der Waals surface area contributed by atoms with Gasteiger partial charge in [0.1, 0.15) is 16.3 Å². The number of hydrogen-bond donors (Lipinski definition) is 2. The molecule has 2 N–H and O–H groups in total. The third-order valence-electron chi connectivity index (χ3n) is 5.43. The van der Waals surface area contributed by atoms with Crippen molar-refractivity contribution in [3.05, 3.63) is 51.0 Å². The van der Waals surface area contributed by atoms with Crippen molar-refractivity contribution in [2.45, 2.75) is 26.7 Å². The van der Waals surface area contributed by atoms with Gasteiger partial charge in [-0.1, -0.05) is 0 Å². The van der Waals surface area contributed by atoms with Gasteiger partial charge in [0, 0.05) is 41.7 Å². The first-order valence-corrected chi connectivity index (χ1v) is 11.9. The molecule has 1 fully saturated rings. The highest BCUT2D eigenvalue weighted by Gasteiger charge is 2.24. The Bertz CT molecular complexity index is 1210. The zero-order valence-electron chi connectivity index (χ0n) is 19.0. The molecule has 180 valence electrons. The number of esters is 1. The third kappa shape index (κ3) is 5.20. The van der Waals surface area contributed by atoms with Crippen LogP contribution >= 0.6 is 11.3 Å². The SMILES string of the molecule is CCOC(=O)c1c(-c2ccco2)csc1NC(=O)CCc1c(C)nc(N2CCOCC2)[nH]c1=O. The van der Waals surface area contributed by atoms with E-state index in [-0.39, 0.29) is 36.5 Å². The van der Waals surface area contributed by atoms with E-state index in [2.05, 4.69) is 15.3 Å². The Kier molecular flexibility index (Phi) is 7.43. The number of thiophene rings is 1. The van der Waals surface area contributed by atoms with Crippen LogP contribution in [0.25, 0.3) is 11.3 Å². The minimum atomic E-state index is -0.541. The molecule has 0 aromatic carbocycles. The summed E-state index contributed by atoms with van der Waals surface area (Å²) in [5, 5.41) is 4.90. The number of morpholine rings is 1. The lowest BCUT2D eigenvalue weighted by Gasteiger charge is -2.27. The minimum absolute atomic E-state index is 0.0543. The van der Waals surface area contributed by atoms with Crippen LogP contribution in [0.5, 0.6) is 0 Å². The van der Waals surface area contributed by atoms with Crippen LogP contribution in [0.15, 0.2) is 33.0 Å². The second-order valence-corrected chi connectivity index (χ2v) is 8.53. The standard InChI is InChI=1S/C23H26N4O6S/c1-3-32-22(30)19-16(17-5-4-10-33-17)13-34-21(19)25-18(28)7-6-15-14(2)24-23(26-20(15)29)27-8-11-31-12-9-27/h4-5,10,13H,3,6-9,11-12H2,1-2H3,(H,25,28)(H,24,26,29). The van der Waals surface area contributed by atoms with E-state index in [0.29, 0.717) is 59.8 Å². The van der Waals surface area contributed by atoms with Crippen molar-refractivity contribution in [3.63, 3.8) is 0 Å². The second kappa shape index (κ2) is 10.7. The number of hydrogen-bond acceptors (Lipinski definition) is 9. The first kappa shape index (κ1) is 23.7. The summed E-state index contributed by atoms with van der Waals surface area (Å²) in [6.45, 7) is 6.18. The topological polar surface area (TPSA) is 127 Å². The van der Waals surface area contributed by atoms with Crippen molar-refractivity contribution < 1.29 is 23.5 Å². The zero-order chi connectivity index (χ0) is 24.1. The molecule has 10 nitrogen and oxygen atoms in total. The average Bonchev–Trinajstić information content (AvgIpc) is 3.49. The van der Waals surface area contributed by atoms with Gasteiger partial charge in [0.05, 0.1) is 26.1 Å². The van der Waals surface area contributed by atoms with Gasteiger partial charge in [-0.3, -0.25) is 14.6 Å². The van der Waals surface area contributed by atoms with Gasteiger partial charge in [0.25, 0.3) is 5.56 Å². The first-order valence-electron chi connectivity index (χ1n) is 11.0. The van der Waals surface area contributed by atoms with Crippen LogP contribution < -0.4 is 15.8 Å². The molecule has 0 unspecified atom stereocenters. The van der Waals surface area contributed by atoms with Crippen molar-refractivity contribution in [1.29, 1.82) is 0 Å². The van der Waals surface area contributed by atoms with E-state index in [1.807, 2.05) is 4.90 Å². The lowest BCUT2D eigenvalue weighted by atomic mass is 10.1. The molecule has 0 radical (unpaired) electrons. The molecule has 0 spiro atoms. The number of nitrogens with zero attached hydrogens (tertiary/aromatic N) is 2. The van der Waals surface area contributed by atoms with Gasteiger partial charge in [-0.05, 0) is 32.4 Å². The van der Waals surface area contributed by atoms with Crippen molar-refractivity contribution in [2.75, 3.05) is 43.1 Å². The molecule has 11 heteroatoms. The summed E-state index contributed by atoms with van der Waals surface area (Å²) in [4.78, 5) is 47.3. The van der Waals surface area contributed by atoms with E-state index >= 15 is 0 Å². The number of anilines is 2. The Morgan fingerprint density at radius 3 is 2.79 bits per heavy atom. The number of carbonyl (C=O) groups is 2. The van der Waals surface area contributed by atoms with Gasteiger partial charge >= 0.3 is 5.97 Å². The molecule has 34 heavy (non-hydrogen) atoms. The number of furan rings is 1. The molecule has 1 aliphatic heterocycles. The van der Waals surface area contributed by atoms with Gasteiger partial charge in [-0.25, -0.2) is 9.78 Å². The van der Waals surface area contributed by atoms with Gasteiger partial charge in [-0.2, -0.15) is 0 Å². The van der Waals surface area contributed by atoms with Crippen molar-refractivity contribution >= 4 is 34.2 Å². The van der Waals surface area contributed by atoms with Crippen LogP contribution in [0.4, 0.5) is 10.9 Å². The number of nitrogens with one attached hydrogen (secondary N) is 2. The maximum absolute atomic E-state index is 12.7. The van der Waals surface area contributed by atoms with E-state index in [0.717, 1.165) is 0 Å². The molecule has 4 heterocycles. The van der Waals surface area contributed by atoms with Gasteiger partial charge in [-0.15, -0.1) is 11.3 Å². The Labute approximate surface area is 199 Å². The fraction of sp³-hybridized carbons (Fsp3) is 0.391. The summed E-state index contributed by atoms with van der Waals surface area (Å²) in [7, 11) is 0. The fourth-order valence-electron chi connectivity index (χ4n) is 3.71. The highest BCUT2D eigenvalue weighted by molar-refractivity contribution is 7.15.